The highest BCUT2D eigenvalue weighted by Gasteiger charge is 2.06. The van der Waals surface area contributed by atoms with Crippen LogP contribution < -0.4 is 5.32 Å². The second-order valence-corrected chi connectivity index (χ2v) is 5.92. The highest BCUT2D eigenvalue weighted by molar-refractivity contribution is 8.14. The van der Waals surface area contributed by atoms with Gasteiger partial charge in [0.1, 0.15) is 0 Å². The van der Waals surface area contributed by atoms with Crippen LogP contribution in [0.5, 0.6) is 0 Å². The molecule has 0 aliphatic heterocycles. The number of carbonyl (C=O) groups is 2. The Morgan fingerprint density at radius 3 is 1.83 bits per heavy atom. The number of unbranched alkanes of at least 4 members (excludes halogenated alkanes) is 1. The molecule has 0 radical (unpaired) electrons. The molecular weight excluding hydrogens is 334 g/mol. The van der Waals surface area contributed by atoms with Crippen molar-refractivity contribution >= 4 is 22.8 Å². The molecule has 0 aromatic heterocycles. The second kappa shape index (κ2) is 18.7. The number of hydrogen-bond acceptors (Lipinski definition) is 7. The van der Waals surface area contributed by atoms with Gasteiger partial charge in [-0.3, -0.25) is 9.59 Å². The quantitative estimate of drug-likeness (QED) is 0.388. The molecule has 0 fully saturated rings. The maximum Gasteiger partial charge on any atom is 0.230 e. The normalized spacial score (nSPS) is 10.8. The average molecular weight is 365 g/mol. The molecular formula is C16H31NO6S. The number of hydrogen-bond donors (Lipinski definition) is 1. The maximum atomic E-state index is 11.4. The molecule has 0 spiro atoms. The Hall–Kier alpha value is -0.670. The lowest BCUT2D eigenvalue weighted by Gasteiger charge is -2.07. The van der Waals surface area contributed by atoms with Crippen LogP contribution in [0.25, 0.3) is 0 Å². The third kappa shape index (κ3) is 17.7. The van der Waals surface area contributed by atoms with Crippen LogP contribution in [0.3, 0.4) is 0 Å². The van der Waals surface area contributed by atoms with Crippen LogP contribution in [-0.4, -0.2) is 76.7 Å². The first-order valence-electron chi connectivity index (χ1n) is 8.37. The molecule has 0 aliphatic carbocycles. The van der Waals surface area contributed by atoms with Gasteiger partial charge in [-0.15, -0.1) is 0 Å². The summed E-state index contributed by atoms with van der Waals surface area (Å²) >= 11 is 1.01. The van der Waals surface area contributed by atoms with Crippen molar-refractivity contribution < 1.29 is 28.5 Å². The first kappa shape index (κ1) is 23.3. The Morgan fingerprint density at radius 1 is 0.833 bits per heavy atom. The Bertz CT molecular complexity index is 317. The Kier molecular flexibility index (Phi) is 18.1. The van der Waals surface area contributed by atoms with Crippen molar-refractivity contribution in [1.82, 2.24) is 5.32 Å². The molecule has 0 unspecified atom stereocenters. The van der Waals surface area contributed by atoms with Crippen LogP contribution in [0.4, 0.5) is 0 Å². The van der Waals surface area contributed by atoms with Gasteiger partial charge in [0.05, 0.1) is 52.0 Å². The van der Waals surface area contributed by atoms with E-state index < -0.39 is 0 Å². The summed E-state index contributed by atoms with van der Waals surface area (Å²) in [6.07, 6.45) is 2.52. The monoisotopic (exact) mass is 365 g/mol. The zero-order valence-corrected chi connectivity index (χ0v) is 15.7. The minimum atomic E-state index is -0.155. The Labute approximate surface area is 149 Å². The molecule has 24 heavy (non-hydrogen) atoms. The lowest BCUT2D eigenvalue weighted by atomic mass is 10.4. The van der Waals surface area contributed by atoms with Crippen molar-refractivity contribution in [3.05, 3.63) is 0 Å². The van der Waals surface area contributed by atoms with Crippen molar-refractivity contribution in [1.29, 1.82) is 0 Å². The molecule has 0 heterocycles. The van der Waals surface area contributed by atoms with E-state index in [1.54, 1.807) is 7.05 Å². The highest BCUT2D eigenvalue weighted by atomic mass is 32.2. The molecule has 0 aromatic carbocycles. The van der Waals surface area contributed by atoms with E-state index in [1.807, 2.05) is 0 Å². The van der Waals surface area contributed by atoms with Crippen molar-refractivity contribution in [3.63, 3.8) is 0 Å². The molecule has 0 atom stereocenters. The van der Waals surface area contributed by atoms with E-state index >= 15 is 0 Å². The molecule has 1 N–H and O–H groups in total. The molecule has 0 aromatic rings. The summed E-state index contributed by atoms with van der Waals surface area (Å²) in [5.74, 6) is -0.000327. The van der Waals surface area contributed by atoms with Gasteiger partial charge >= 0.3 is 0 Å². The van der Waals surface area contributed by atoms with Crippen molar-refractivity contribution in [2.24, 2.45) is 0 Å². The first-order valence-corrected chi connectivity index (χ1v) is 9.36. The van der Waals surface area contributed by atoms with Gasteiger partial charge in [0, 0.05) is 20.1 Å². The predicted molar refractivity (Wildman–Crippen MR) is 94.3 cm³/mol. The van der Waals surface area contributed by atoms with E-state index in [1.165, 1.54) is 0 Å². The van der Waals surface area contributed by atoms with Crippen molar-refractivity contribution in [2.75, 3.05) is 65.7 Å². The van der Waals surface area contributed by atoms with E-state index in [2.05, 4.69) is 12.2 Å². The third-order valence-electron chi connectivity index (χ3n) is 2.85. The maximum absolute atomic E-state index is 11.4. The van der Waals surface area contributed by atoms with E-state index in [4.69, 9.17) is 18.9 Å². The highest BCUT2D eigenvalue weighted by Crippen LogP contribution is 2.04. The predicted octanol–water partition coefficient (Wildman–Crippen LogP) is 1.25. The van der Waals surface area contributed by atoms with Crippen LogP contribution in [0.2, 0.25) is 0 Å². The fourth-order valence-corrected chi connectivity index (χ4v) is 2.12. The molecule has 0 saturated carbocycles. The molecule has 0 rings (SSSR count). The van der Waals surface area contributed by atoms with E-state index in [0.717, 1.165) is 31.2 Å². The minimum absolute atomic E-state index is 0.0472. The Balaban J connectivity index is 3.14. The van der Waals surface area contributed by atoms with Gasteiger partial charge in [0.2, 0.25) is 5.91 Å². The SMILES string of the molecule is CCCCOCCOCCOCCOCCC(=O)SCC(=O)NC. The zero-order chi connectivity index (χ0) is 17.9. The number of carbonyl (C=O) groups excluding carboxylic acids is 2. The molecule has 0 saturated heterocycles. The van der Waals surface area contributed by atoms with Crippen molar-refractivity contribution in [3.8, 4) is 0 Å². The number of amides is 1. The second-order valence-electron chi connectivity index (χ2n) is 4.89. The van der Waals surface area contributed by atoms with Gasteiger partial charge in [0.15, 0.2) is 5.12 Å². The summed E-state index contributed by atoms with van der Waals surface area (Å²) in [6, 6.07) is 0. The molecule has 8 heteroatoms. The van der Waals surface area contributed by atoms with Crippen LogP contribution >= 0.6 is 11.8 Å². The number of ether oxygens (including phenoxy) is 4. The van der Waals surface area contributed by atoms with E-state index in [9.17, 15) is 9.59 Å². The minimum Gasteiger partial charge on any atom is -0.379 e. The lowest BCUT2D eigenvalue weighted by molar-refractivity contribution is -0.118. The molecule has 142 valence electrons. The van der Waals surface area contributed by atoms with Crippen LogP contribution in [0.1, 0.15) is 26.2 Å². The lowest BCUT2D eigenvalue weighted by Crippen LogP contribution is -2.20. The molecule has 0 aliphatic rings. The average Bonchev–Trinajstić information content (AvgIpc) is 2.59. The van der Waals surface area contributed by atoms with Gasteiger partial charge in [-0.25, -0.2) is 0 Å². The summed E-state index contributed by atoms with van der Waals surface area (Å²) in [4.78, 5) is 22.4. The zero-order valence-electron chi connectivity index (χ0n) is 14.8. The molecule has 1 amide bonds. The van der Waals surface area contributed by atoms with Gasteiger partial charge in [-0.05, 0) is 6.42 Å². The molecule has 0 bridgehead atoms. The van der Waals surface area contributed by atoms with Crippen LogP contribution in [-0.2, 0) is 28.5 Å². The van der Waals surface area contributed by atoms with E-state index in [0.29, 0.717) is 52.7 Å². The van der Waals surface area contributed by atoms with E-state index in [-0.39, 0.29) is 16.8 Å². The summed E-state index contributed by atoms with van der Waals surface area (Å²) in [7, 11) is 1.54. The summed E-state index contributed by atoms with van der Waals surface area (Å²) in [5.41, 5.74) is 0. The number of nitrogens with one attached hydrogen (secondary N) is 1. The standard InChI is InChI=1S/C16H31NO6S/c1-3-4-6-20-8-10-22-12-13-23-11-9-21-7-5-16(19)24-14-15(18)17-2/h3-14H2,1-2H3,(H,17,18). The van der Waals surface area contributed by atoms with Gasteiger partial charge in [-0.1, -0.05) is 25.1 Å². The van der Waals surface area contributed by atoms with Gasteiger partial charge in [-0.2, -0.15) is 0 Å². The third-order valence-corrected chi connectivity index (χ3v) is 3.78. The summed E-state index contributed by atoms with van der Waals surface area (Å²) in [6.45, 7) is 6.42. The fourth-order valence-electron chi connectivity index (χ4n) is 1.45. The van der Waals surface area contributed by atoms with Gasteiger partial charge < -0.3 is 24.3 Å². The topological polar surface area (TPSA) is 83.1 Å². The largest absolute Gasteiger partial charge is 0.379 e. The van der Waals surface area contributed by atoms with Crippen LogP contribution in [0.15, 0.2) is 0 Å². The summed E-state index contributed by atoms with van der Waals surface area (Å²) < 4.78 is 21.4. The first-order chi connectivity index (χ1) is 11.7. The number of rotatable bonds is 17. The smallest absolute Gasteiger partial charge is 0.230 e. The molecule has 7 nitrogen and oxygen atoms in total. The fraction of sp³-hybridized carbons (Fsp3) is 0.875. The number of thioether (sulfide) groups is 1. The Morgan fingerprint density at radius 2 is 1.33 bits per heavy atom. The van der Waals surface area contributed by atoms with Gasteiger partial charge in [0.25, 0.3) is 0 Å². The summed E-state index contributed by atoms with van der Waals surface area (Å²) in [5, 5.41) is 2.42. The van der Waals surface area contributed by atoms with Crippen molar-refractivity contribution in [2.45, 2.75) is 26.2 Å². The van der Waals surface area contributed by atoms with Crippen LogP contribution in [0, 0.1) is 0 Å².